The summed E-state index contributed by atoms with van der Waals surface area (Å²) in [6.07, 6.45) is 0. The molecular formula is C16H21N3. The van der Waals surface area contributed by atoms with Gasteiger partial charge >= 0.3 is 0 Å². The molecule has 2 atom stereocenters. The van der Waals surface area contributed by atoms with Crippen molar-refractivity contribution in [2.24, 2.45) is 0 Å². The second-order valence-corrected chi connectivity index (χ2v) is 5.63. The highest BCUT2D eigenvalue weighted by atomic mass is 15.3. The van der Waals surface area contributed by atoms with E-state index in [2.05, 4.69) is 61.3 Å². The maximum Gasteiger partial charge on any atom is 0.132 e. The molecule has 1 aromatic carbocycles. The van der Waals surface area contributed by atoms with Crippen LogP contribution in [0.4, 0.5) is 5.82 Å². The van der Waals surface area contributed by atoms with Crippen LogP contribution in [0.3, 0.4) is 0 Å². The summed E-state index contributed by atoms with van der Waals surface area (Å²) >= 11 is 0. The first-order valence-electron chi connectivity index (χ1n) is 7.01. The second-order valence-electron chi connectivity index (χ2n) is 5.63. The highest BCUT2D eigenvalue weighted by Crippen LogP contribution is 2.25. The molecule has 2 heterocycles. The zero-order chi connectivity index (χ0) is 13.4. The molecule has 1 aromatic heterocycles. The summed E-state index contributed by atoms with van der Waals surface area (Å²) in [4.78, 5) is 7.31. The molecule has 2 aromatic rings. The number of piperazine rings is 1. The van der Waals surface area contributed by atoms with Gasteiger partial charge in [-0.2, -0.15) is 0 Å². The lowest BCUT2D eigenvalue weighted by molar-refractivity contribution is 0.422. The number of hydrogen-bond donors (Lipinski definition) is 1. The van der Waals surface area contributed by atoms with Gasteiger partial charge in [0.25, 0.3) is 0 Å². The van der Waals surface area contributed by atoms with E-state index in [1.165, 1.54) is 10.9 Å². The molecule has 0 radical (unpaired) electrons. The van der Waals surface area contributed by atoms with Crippen LogP contribution in [-0.4, -0.2) is 30.2 Å². The fourth-order valence-electron chi connectivity index (χ4n) is 2.82. The van der Waals surface area contributed by atoms with Crippen LogP contribution in [0.2, 0.25) is 0 Å². The first kappa shape index (κ1) is 12.4. The predicted octanol–water partition coefficient (Wildman–Crippen LogP) is 2.73. The van der Waals surface area contributed by atoms with Crippen molar-refractivity contribution in [1.82, 2.24) is 10.3 Å². The maximum atomic E-state index is 4.88. The molecule has 3 heteroatoms. The molecule has 1 fully saturated rings. The van der Waals surface area contributed by atoms with Crippen molar-refractivity contribution in [3.8, 4) is 0 Å². The Labute approximate surface area is 114 Å². The minimum absolute atomic E-state index is 0.489. The molecule has 0 saturated carbocycles. The number of pyridine rings is 1. The van der Waals surface area contributed by atoms with Crippen molar-refractivity contribution in [3.05, 3.63) is 35.9 Å². The number of anilines is 1. The first-order valence-corrected chi connectivity index (χ1v) is 7.01. The summed E-state index contributed by atoms with van der Waals surface area (Å²) in [5.41, 5.74) is 2.35. The largest absolute Gasteiger partial charge is 0.351 e. The van der Waals surface area contributed by atoms with E-state index >= 15 is 0 Å². The summed E-state index contributed by atoms with van der Waals surface area (Å²) in [6.45, 7) is 8.70. The Morgan fingerprint density at radius 3 is 2.89 bits per heavy atom. The van der Waals surface area contributed by atoms with Gasteiger partial charge in [0, 0.05) is 30.6 Å². The van der Waals surface area contributed by atoms with Gasteiger partial charge in [0.05, 0.1) is 5.52 Å². The van der Waals surface area contributed by atoms with E-state index in [0.29, 0.717) is 12.1 Å². The number of para-hydroxylation sites is 1. The Kier molecular flexibility index (Phi) is 3.15. The van der Waals surface area contributed by atoms with E-state index in [-0.39, 0.29) is 0 Å². The third-order valence-corrected chi connectivity index (χ3v) is 3.92. The SMILES string of the molecule is Cc1cc2ccccc2nc1N1CC(C)NCC1C. The van der Waals surface area contributed by atoms with Crippen molar-refractivity contribution in [1.29, 1.82) is 0 Å². The van der Waals surface area contributed by atoms with E-state index < -0.39 is 0 Å². The Bertz CT molecular complexity index is 594. The highest BCUT2D eigenvalue weighted by molar-refractivity contribution is 5.81. The van der Waals surface area contributed by atoms with Crippen molar-refractivity contribution in [2.45, 2.75) is 32.9 Å². The smallest absolute Gasteiger partial charge is 0.132 e. The summed E-state index contributed by atoms with van der Waals surface area (Å²) in [7, 11) is 0. The molecule has 3 rings (SSSR count). The fraction of sp³-hybridized carbons (Fsp3) is 0.438. The number of aryl methyl sites for hydroxylation is 1. The van der Waals surface area contributed by atoms with Crippen LogP contribution in [0.25, 0.3) is 10.9 Å². The van der Waals surface area contributed by atoms with Gasteiger partial charge in [0.1, 0.15) is 5.82 Å². The minimum Gasteiger partial charge on any atom is -0.351 e. The minimum atomic E-state index is 0.489. The van der Waals surface area contributed by atoms with Crippen LogP contribution >= 0.6 is 0 Å². The number of rotatable bonds is 1. The first-order chi connectivity index (χ1) is 9.15. The molecule has 1 N–H and O–H groups in total. The molecule has 0 spiro atoms. The van der Waals surface area contributed by atoms with Gasteiger partial charge in [-0.1, -0.05) is 18.2 Å². The Balaban J connectivity index is 2.06. The molecule has 0 bridgehead atoms. The topological polar surface area (TPSA) is 28.2 Å². The molecule has 3 nitrogen and oxygen atoms in total. The van der Waals surface area contributed by atoms with E-state index in [4.69, 9.17) is 4.98 Å². The summed E-state index contributed by atoms with van der Waals surface area (Å²) in [5.74, 6) is 1.14. The molecule has 0 amide bonds. The lowest BCUT2D eigenvalue weighted by Crippen LogP contribution is -2.54. The van der Waals surface area contributed by atoms with Crippen LogP contribution in [0.5, 0.6) is 0 Å². The molecule has 1 aliphatic heterocycles. The summed E-state index contributed by atoms with van der Waals surface area (Å²) in [6, 6.07) is 11.6. The average Bonchev–Trinajstić information content (AvgIpc) is 2.41. The molecule has 19 heavy (non-hydrogen) atoms. The maximum absolute atomic E-state index is 4.88. The van der Waals surface area contributed by atoms with E-state index in [9.17, 15) is 0 Å². The molecule has 1 aliphatic rings. The number of benzene rings is 1. The second kappa shape index (κ2) is 4.82. The van der Waals surface area contributed by atoms with Crippen LogP contribution in [0.1, 0.15) is 19.4 Å². The number of aromatic nitrogens is 1. The normalized spacial score (nSPS) is 23.8. The fourth-order valence-corrected chi connectivity index (χ4v) is 2.82. The van der Waals surface area contributed by atoms with Crippen LogP contribution in [0.15, 0.2) is 30.3 Å². The number of fused-ring (bicyclic) bond motifs is 1. The zero-order valence-electron chi connectivity index (χ0n) is 11.9. The van der Waals surface area contributed by atoms with Gasteiger partial charge in [0.2, 0.25) is 0 Å². The molecular weight excluding hydrogens is 234 g/mol. The average molecular weight is 255 g/mol. The third-order valence-electron chi connectivity index (χ3n) is 3.92. The van der Waals surface area contributed by atoms with Gasteiger partial charge in [0.15, 0.2) is 0 Å². The predicted molar refractivity (Wildman–Crippen MR) is 80.8 cm³/mol. The molecule has 0 aliphatic carbocycles. The van der Waals surface area contributed by atoms with Crippen molar-refractivity contribution in [2.75, 3.05) is 18.0 Å². The Morgan fingerprint density at radius 1 is 1.26 bits per heavy atom. The molecule has 2 unspecified atom stereocenters. The highest BCUT2D eigenvalue weighted by Gasteiger charge is 2.24. The Hall–Kier alpha value is -1.61. The van der Waals surface area contributed by atoms with Gasteiger partial charge in [-0.15, -0.1) is 0 Å². The van der Waals surface area contributed by atoms with Crippen molar-refractivity contribution in [3.63, 3.8) is 0 Å². The number of nitrogens with one attached hydrogen (secondary N) is 1. The van der Waals surface area contributed by atoms with Crippen LogP contribution in [-0.2, 0) is 0 Å². The van der Waals surface area contributed by atoms with Gasteiger partial charge in [-0.05, 0) is 38.5 Å². The van der Waals surface area contributed by atoms with Crippen LogP contribution < -0.4 is 10.2 Å². The summed E-state index contributed by atoms with van der Waals surface area (Å²) in [5, 5.41) is 4.74. The van der Waals surface area contributed by atoms with E-state index in [1.54, 1.807) is 0 Å². The number of nitrogens with zero attached hydrogens (tertiary/aromatic N) is 2. The molecule has 1 saturated heterocycles. The lowest BCUT2D eigenvalue weighted by Gasteiger charge is -2.39. The van der Waals surface area contributed by atoms with Gasteiger partial charge in [-0.3, -0.25) is 0 Å². The quantitative estimate of drug-likeness (QED) is 0.849. The van der Waals surface area contributed by atoms with Crippen molar-refractivity contribution >= 4 is 16.7 Å². The Morgan fingerprint density at radius 2 is 2.05 bits per heavy atom. The third kappa shape index (κ3) is 2.30. The van der Waals surface area contributed by atoms with Crippen molar-refractivity contribution < 1.29 is 0 Å². The monoisotopic (exact) mass is 255 g/mol. The lowest BCUT2D eigenvalue weighted by atomic mass is 10.1. The van der Waals surface area contributed by atoms with E-state index in [1.807, 2.05) is 0 Å². The zero-order valence-corrected chi connectivity index (χ0v) is 11.9. The van der Waals surface area contributed by atoms with Crippen LogP contribution in [0, 0.1) is 6.92 Å². The van der Waals surface area contributed by atoms with E-state index in [0.717, 1.165) is 24.4 Å². The summed E-state index contributed by atoms with van der Waals surface area (Å²) < 4.78 is 0. The standard InChI is InChI=1S/C16H21N3/c1-11-8-14-6-4-5-7-15(14)18-16(11)19-10-12(2)17-9-13(19)3/h4-8,12-13,17H,9-10H2,1-3H3. The molecule has 100 valence electrons. The van der Waals surface area contributed by atoms with Gasteiger partial charge < -0.3 is 10.2 Å². The van der Waals surface area contributed by atoms with Gasteiger partial charge in [-0.25, -0.2) is 4.98 Å². The number of hydrogen-bond acceptors (Lipinski definition) is 3.